The van der Waals surface area contributed by atoms with E-state index in [0.717, 1.165) is 11.3 Å². The van der Waals surface area contributed by atoms with E-state index in [0.29, 0.717) is 54.8 Å². The van der Waals surface area contributed by atoms with Gasteiger partial charge in [-0.3, -0.25) is 4.21 Å². The number of nitrogens with one attached hydrogen (secondary N) is 1. The summed E-state index contributed by atoms with van der Waals surface area (Å²) in [6.45, 7) is 5.39. The van der Waals surface area contributed by atoms with E-state index in [4.69, 9.17) is 9.97 Å². The van der Waals surface area contributed by atoms with E-state index in [1.807, 2.05) is 44.2 Å². The molecule has 0 spiro atoms. The van der Waals surface area contributed by atoms with Gasteiger partial charge >= 0.3 is 0 Å². The summed E-state index contributed by atoms with van der Waals surface area (Å²) >= 11 is 0. The molecule has 1 saturated heterocycles. The molecule has 4 rings (SSSR count). The van der Waals surface area contributed by atoms with Gasteiger partial charge in [0.15, 0.2) is 0 Å². The van der Waals surface area contributed by atoms with Crippen molar-refractivity contribution < 1.29 is 9.32 Å². The highest BCUT2D eigenvalue weighted by Crippen LogP contribution is 2.37. The molecule has 0 radical (unpaired) electrons. The molecule has 0 aliphatic carbocycles. The molecule has 2 aromatic rings. The summed E-state index contributed by atoms with van der Waals surface area (Å²) < 4.78 is 12.6. The first-order chi connectivity index (χ1) is 15.0. The first-order valence-electron chi connectivity index (χ1n) is 10.9. The van der Waals surface area contributed by atoms with Gasteiger partial charge in [-0.2, -0.15) is 10.2 Å². The molecule has 0 saturated carbocycles. The van der Waals surface area contributed by atoms with Gasteiger partial charge in [-0.15, -0.1) is 0 Å². The van der Waals surface area contributed by atoms with Crippen molar-refractivity contribution in [3.63, 3.8) is 0 Å². The number of fused-ring (bicyclic) bond motifs is 1. The van der Waals surface area contributed by atoms with Crippen LogP contribution >= 0.6 is 0 Å². The van der Waals surface area contributed by atoms with Crippen LogP contribution in [0.1, 0.15) is 37.9 Å². The first-order valence-corrected chi connectivity index (χ1v) is 12.2. The Hall–Kier alpha value is -2.50. The van der Waals surface area contributed by atoms with Gasteiger partial charge in [-0.1, -0.05) is 44.2 Å². The maximum atomic E-state index is 12.6. The van der Waals surface area contributed by atoms with Gasteiger partial charge in [0, 0.05) is 25.3 Å². The second-order valence-electron chi connectivity index (χ2n) is 8.67. The minimum absolute atomic E-state index is 0.0239. The molecule has 1 unspecified atom stereocenters. The standard InChI is InChI=1S/C23H29N5O2S/c1-16(2)19(14-29)25-21-20-18(8-13-31(20)30)26-22(27-21)28-11-9-23(15-24,10-12-28)17-6-4-3-5-7-17/h3-7,16,19,29H,8-14H2,1-2H3,(H,25,26,27)/t19-,31?/m0/s1. The second kappa shape index (κ2) is 8.93. The third kappa shape index (κ3) is 4.17. The fourth-order valence-electron chi connectivity index (χ4n) is 4.33. The van der Waals surface area contributed by atoms with Crippen LogP contribution in [0.5, 0.6) is 0 Å². The van der Waals surface area contributed by atoms with Gasteiger partial charge in [0.05, 0.1) is 40.6 Å². The molecule has 2 aliphatic rings. The first kappa shape index (κ1) is 21.7. The van der Waals surface area contributed by atoms with Crippen molar-refractivity contribution >= 4 is 22.6 Å². The highest BCUT2D eigenvalue weighted by atomic mass is 32.2. The van der Waals surface area contributed by atoms with Crippen molar-refractivity contribution in [2.75, 3.05) is 35.7 Å². The zero-order valence-corrected chi connectivity index (χ0v) is 18.9. The van der Waals surface area contributed by atoms with E-state index in [9.17, 15) is 14.6 Å². The lowest BCUT2D eigenvalue weighted by atomic mass is 9.74. The summed E-state index contributed by atoms with van der Waals surface area (Å²) in [5.74, 6) is 1.94. The largest absolute Gasteiger partial charge is 0.394 e. The summed E-state index contributed by atoms with van der Waals surface area (Å²) in [5.41, 5.74) is 1.40. The number of aliphatic hydroxyl groups is 1. The molecule has 1 aromatic carbocycles. The third-order valence-electron chi connectivity index (χ3n) is 6.44. The maximum absolute atomic E-state index is 12.6. The lowest BCUT2D eigenvalue weighted by molar-refractivity contribution is 0.249. The van der Waals surface area contributed by atoms with E-state index in [1.54, 1.807) is 0 Å². The number of piperidine rings is 1. The van der Waals surface area contributed by atoms with Crippen molar-refractivity contribution in [1.82, 2.24) is 9.97 Å². The van der Waals surface area contributed by atoms with Crippen LogP contribution in [-0.2, 0) is 22.6 Å². The van der Waals surface area contributed by atoms with Crippen LogP contribution in [0, 0.1) is 17.2 Å². The predicted octanol–water partition coefficient (Wildman–Crippen LogP) is 2.63. The summed E-state index contributed by atoms with van der Waals surface area (Å²) in [6.07, 6.45) is 2.07. The molecule has 1 fully saturated rings. The number of aromatic nitrogens is 2. The van der Waals surface area contributed by atoms with E-state index in [-0.39, 0.29) is 18.6 Å². The zero-order chi connectivity index (χ0) is 22.0. The molecule has 2 N–H and O–H groups in total. The third-order valence-corrected chi connectivity index (χ3v) is 7.90. The van der Waals surface area contributed by atoms with Crippen molar-refractivity contribution in [1.29, 1.82) is 5.26 Å². The summed E-state index contributed by atoms with van der Waals surface area (Å²) in [5, 5.41) is 23.0. The predicted molar refractivity (Wildman–Crippen MR) is 122 cm³/mol. The molecule has 0 amide bonds. The molecule has 7 nitrogen and oxygen atoms in total. The zero-order valence-electron chi connectivity index (χ0n) is 18.0. The molecule has 2 aliphatic heterocycles. The van der Waals surface area contributed by atoms with Gasteiger partial charge in [-0.25, -0.2) is 4.98 Å². The van der Waals surface area contributed by atoms with E-state index in [2.05, 4.69) is 16.3 Å². The number of anilines is 2. The van der Waals surface area contributed by atoms with Crippen molar-refractivity contribution in [2.24, 2.45) is 5.92 Å². The molecule has 164 valence electrons. The Morgan fingerprint density at radius 1 is 1.26 bits per heavy atom. The minimum Gasteiger partial charge on any atom is -0.394 e. The Balaban J connectivity index is 1.60. The molecular weight excluding hydrogens is 410 g/mol. The van der Waals surface area contributed by atoms with Gasteiger partial charge in [-0.05, 0) is 24.3 Å². The van der Waals surface area contributed by atoms with E-state index < -0.39 is 16.2 Å². The van der Waals surface area contributed by atoms with E-state index in [1.165, 1.54) is 0 Å². The van der Waals surface area contributed by atoms with Gasteiger partial charge in [0.25, 0.3) is 0 Å². The number of rotatable bonds is 6. The van der Waals surface area contributed by atoms with Gasteiger partial charge in [0.2, 0.25) is 5.95 Å². The number of aliphatic hydroxyl groups excluding tert-OH is 1. The number of hydrogen-bond acceptors (Lipinski definition) is 7. The van der Waals surface area contributed by atoms with Crippen LogP contribution in [0.15, 0.2) is 35.2 Å². The van der Waals surface area contributed by atoms with Crippen molar-refractivity contribution in [3.8, 4) is 6.07 Å². The van der Waals surface area contributed by atoms with Crippen LogP contribution in [0.4, 0.5) is 11.8 Å². The molecule has 1 aromatic heterocycles. The SMILES string of the molecule is CC(C)[C@H](CO)Nc1nc(N2CCC(C#N)(c3ccccc3)CC2)nc2c1S(=O)CC2. The average molecular weight is 440 g/mol. The van der Waals surface area contributed by atoms with Gasteiger partial charge < -0.3 is 15.3 Å². The van der Waals surface area contributed by atoms with Crippen LogP contribution in [-0.4, -0.2) is 50.8 Å². The average Bonchev–Trinajstić information content (AvgIpc) is 3.18. The molecule has 3 heterocycles. The molecule has 8 heteroatoms. The molecule has 31 heavy (non-hydrogen) atoms. The Morgan fingerprint density at radius 3 is 2.58 bits per heavy atom. The number of benzene rings is 1. The Kier molecular flexibility index (Phi) is 6.26. The second-order valence-corrected chi connectivity index (χ2v) is 10.2. The molecule has 0 bridgehead atoms. The number of nitrogens with zero attached hydrogens (tertiary/aromatic N) is 4. The monoisotopic (exact) mass is 439 g/mol. The Labute approximate surface area is 186 Å². The smallest absolute Gasteiger partial charge is 0.227 e. The van der Waals surface area contributed by atoms with Gasteiger partial charge in [0.1, 0.15) is 10.7 Å². The lowest BCUT2D eigenvalue weighted by Gasteiger charge is -2.38. The maximum Gasteiger partial charge on any atom is 0.227 e. The number of aryl methyl sites for hydroxylation is 1. The number of hydrogen-bond donors (Lipinski definition) is 2. The van der Waals surface area contributed by atoms with Crippen LogP contribution in [0.3, 0.4) is 0 Å². The highest BCUT2D eigenvalue weighted by Gasteiger charge is 2.38. The number of nitriles is 1. The summed E-state index contributed by atoms with van der Waals surface area (Å²) in [7, 11) is -1.12. The Bertz CT molecular complexity index is 997. The molecule has 2 atom stereocenters. The Morgan fingerprint density at radius 2 is 1.97 bits per heavy atom. The fraction of sp³-hybridized carbons (Fsp3) is 0.522. The fourth-order valence-corrected chi connectivity index (χ4v) is 5.65. The van der Waals surface area contributed by atoms with Crippen LogP contribution < -0.4 is 10.2 Å². The lowest BCUT2D eigenvalue weighted by Crippen LogP contribution is -2.43. The quantitative estimate of drug-likeness (QED) is 0.713. The summed E-state index contributed by atoms with van der Waals surface area (Å²) in [6, 6.07) is 12.4. The van der Waals surface area contributed by atoms with E-state index >= 15 is 0 Å². The highest BCUT2D eigenvalue weighted by molar-refractivity contribution is 7.85. The molecular formula is C23H29N5O2S. The van der Waals surface area contributed by atoms with Crippen molar-refractivity contribution in [2.45, 2.75) is 49.5 Å². The van der Waals surface area contributed by atoms with Crippen LogP contribution in [0.2, 0.25) is 0 Å². The minimum atomic E-state index is -1.12. The van der Waals surface area contributed by atoms with Crippen molar-refractivity contribution in [3.05, 3.63) is 41.6 Å². The summed E-state index contributed by atoms with van der Waals surface area (Å²) in [4.78, 5) is 12.3. The van der Waals surface area contributed by atoms with Crippen LogP contribution in [0.25, 0.3) is 0 Å². The normalized spacial score (nSPS) is 20.9. The topological polar surface area (TPSA) is 102 Å².